The van der Waals surface area contributed by atoms with Gasteiger partial charge in [0.2, 0.25) is 23.6 Å². The van der Waals surface area contributed by atoms with E-state index in [1.54, 1.807) is 30.3 Å². The minimum absolute atomic E-state index is 0.0132. The standard InChI is InChI=1S/C32H38N6O7/c1-5-32(2,3)35-28(41)26(23-7-6-12-33-36-23)38(29(42)19-14-20(15-19)31(44)45-4)16-18-8-9-22-21(13-18)17-37(30(22)43)24-10-11-25(39)34-27(24)40/h6-9,12-13,19-20,24,26H,5,10-11,14-17H2,1-4H3,(H,35,41)(H,34,39,40). The summed E-state index contributed by atoms with van der Waals surface area (Å²) in [4.78, 5) is 80.5. The van der Waals surface area contributed by atoms with Crippen molar-refractivity contribution in [2.24, 2.45) is 11.8 Å². The topological polar surface area (TPSA) is 168 Å². The van der Waals surface area contributed by atoms with Gasteiger partial charge < -0.3 is 19.9 Å². The van der Waals surface area contributed by atoms with Gasteiger partial charge in [0, 0.05) is 42.7 Å². The van der Waals surface area contributed by atoms with Gasteiger partial charge in [-0.25, -0.2) is 0 Å². The second-order valence-electron chi connectivity index (χ2n) is 12.5. The molecule has 2 atom stereocenters. The number of rotatable bonds is 10. The molecule has 2 N–H and O–H groups in total. The first-order valence-electron chi connectivity index (χ1n) is 15.2. The Balaban J connectivity index is 1.46. The van der Waals surface area contributed by atoms with Gasteiger partial charge in [0.1, 0.15) is 6.04 Å². The van der Waals surface area contributed by atoms with Crippen LogP contribution in [0.1, 0.15) is 86.1 Å². The van der Waals surface area contributed by atoms with E-state index in [0.717, 1.165) is 0 Å². The SMILES string of the molecule is CCC(C)(C)NC(=O)C(c1cccnn1)N(Cc1ccc2c(c1)CN(C1CCC(=O)NC1=O)C2=O)C(=O)C1CC(C(=O)OC)C1. The summed E-state index contributed by atoms with van der Waals surface area (Å²) in [6, 6.07) is 6.62. The number of piperidine rings is 1. The Hall–Kier alpha value is -4.68. The van der Waals surface area contributed by atoms with Gasteiger partial charge in [0.25, 0.3) is 5.91 Å². The molecule has 5 rings (SSSR count). The maximum absolute atomic E-state index is 14.2. The molecule has 0 bridgehead atoms. The molecule has 5 amide bonds. The van der Waals surface area contributed by atoms with Crippen molar-refractivity contribution in [1.82, 2.24) is 30.6 Å². The Morgan fingerprint density at radius 2 is 1.91 bits per heavy atom. The minimum atomic E-state index is -1.12. The van der Waals surface area contributed by atoms with Crippen LogP contribution in [0.25, 0.3) is 0 Å². The van der Waals surface area contributed by atoms with Gasteiger partial charge in [-0.15, -0.1) is 0 Å². The van der Waals surface area contributed by atoms with Crippen molar-refractivity contribution >= 4 is 35.5 Å². The van der Waals surface area contributed by atoms with Gasteiger partial charge in [-0.3, -0.25) is 34.1 Å². The zero-order chi connectivity index (χ0) is 32.5. The number of carbonyl (C=O) groups is 6. The van der Waals surface area contributed by atoms with E-state index in [9.17, 15) is 28.8 Å². The van der Waals surface area contributed by atoms with E-state index in [0.29, 0.717) is 41.6 Å². The summed E-state index contributed by atoms with van der Waals surface area (Å²) in [5.41, 5.74) is 1.51. The number of carbonyl (C=O) groups excluding carboxylic acids is 6. The molecule has 1 saturated carbocycles. The number of hydrogen-bond donors (Lipinski definition) is 2. The van der Waals surface area contributed by atoms with Crippen LogP contribution in [0.4, 0.5) is 0 Å². The molecule has 238 valence electrons. The number of nitrogens with one attached hydrogen (secondary N) is 2. The third-order valence-electron chi connectivity index (χ3n) is 9.02. The fourth-order valence-corrected chi connectivity index (χ4v) is 6.02. The zero-order valence-electron chi connectivity index (χ0n) is 25.9. The Bertz CT molecular complexity index is 1520. The van der Waals surface area contributed by atoms with E-state index >= 15 is 0 Å². The molecular formula is C32H38N6O7. The maximum atomic E-state index is 14.2. The lowest BCUT2D eigenvalue weighted by Gasteiger charge is -2.39. The van der Waals surface area contributed by atoms with Crippen LogP contribution in [-0.2, 0) is 41.8 Å². The first-order valence-corrected chi connectivity index (χ1v) is 15.2. The number of esters is 1. The van der Waals surface area contributed by atoms with E-state index in [-0.39, 0.29) is 49.6 Å². The maximum Gasteiger partial charge on any atom is 0.308 e. The molecule has 3 aliphatic rings. The fourth-order valence-electron chi connectivity index (χ4n) is 6.02. The van der Waals surface area contributed by atoms with Crippen LogP contribution in [0.2, 0.25) is 0 Å². The van der Waals surface area contributed by atoms with Gasteiger partial charge in [-0.1, -0.05) is 19.1 Å². The highest BCUT2D eigenvalue weighted by atomic mass is 16.5. The van der Waals surface area contributed by atoms with Crippen LogP contribution >= 0.6 is 0 Å². The Morgan fingerprint density at radius 1 is 1.16 bits per heavy atom. The molecule has 1 aliphatic carbocycles. The summed E-state index contributed by atoms with van der Waals surface area (Å²) in [5, 5.41) is 13.5. The molecule has 0 radical (unpaired) electrons. The van der Waals surface area contributed by atoms with Gasteiger partial charge in [0.05, 0.1) is 18.7 Å². The summed E-state index contributed by atoms with van der Waals surface area (Å²) in [5.74, 6) is -3.15. The Labute approximate surface area is 261 Å². The van der Waals surface area contributed by atoms with Crippen molar-refractivity contribution in [3.8, 4) is 0 Å². The average molecular weight is 619 g/mol. The highest BCUT2D eigenvalue weighted by molar-refractivity contribution is 6.05. The number of aromatic nitrogens is 2. The molecule has 1 aromatic carbocycles. The smallest absolute Gasteiger partial charge is 0.308 e. The quantitative estimate of drug-likeness (QED) is 0.298. The van der Waals surface area contributed by atoms with Crippen molar-refractivity contribution in [3.05, 3.63) is 58.9 Å². The van der Waals surface area contributed by atoms with Crippen LogP contribution in [0.5, 0.6) is 0 Å². The predicted molar refractivity (Wildman–Crippen MR) is 159 cm³/mol. The zero-order valence-corrected chi connectivity index (χ0v) is 25.9. The number of hydrogen-bond acceptors (Lipinski definition) is 9. The van der Waals surface area contributed by atoms with E-state index in [4.69, 9.17) is 4.74 Å². The van der Waals surface area contributed by atoms with E-state index in [1.807, 2.05) is 20.8 Å². The summed E-state index contributed by atoms with van der Waals surface area (Å²) < 4.78 is 4.86. The van der Waals surface area contributed by atoms with Gasteiger partial charge >= 0.3 is 5.97 Å². The molecule has 13 nitrogen and oxygen atoms in total. The second-order valence-corrected chi connectivity index (χ2v) is 12.5. The van der Waals surface area contributed by atoms with Crippen molar-refractivity contribution in [2.75, 3.05) is 7.11 Å². The molecule has 2 aliphatic heterocycles. The minimum Gasteiger partial charge on any atom is -0.469 e. The third-order valence-corrected chi connectivity index (χ3v) is 9.02. The molecule has 2 fully saturated rings. The predicted octanol–water partition coefficient (Wildman–Crippen LogP) is 1.81. The Kier molecular flexibility index (Phi) is 8.98. The number of ether oxygens (including phenoxy) is 1. The van der Waals surface area contributed by atoms with Crippen LogP contribution in [0.15, 0.2) is 36.5 Å². The molecular weight excluding hydrogens is 580 g/mol. The van der Waals surface area contributed by atoms with Crippen LogP contribution in [0, 0.1) is 11.8 Å². The van der Waals surface area contributed by atoms with Crippen LogP contribution in [-0.4, -0.2) is 74.2 Å². The average Bonchev–Trinajstić information content (AvgIpc) is 3.31. The lowest BCUT2D eigenvalue weighted by atomic mass is 9.74. The molecule has 2 unspecified atom stereocenters. The Morgan fingerprint density at radius 3 is 2.56 bits per heavy atom. The normalized spacial score (nSPS) is 21.7. The summed E-state index contributed by atoms with van der Waals surface area (Å²) in [6.07, 6.45) is 3.13. The molecule has 45 heavy (non-hydrogen) atoms. The molecule has 1 aromatic heterocycles. The van der Waals surface area contributed by atoms with E-state index in [2.05, 4.69) is 20.8 Å². The fraction of sp³-hybridized carbons (Fsp3) is 0.500. The number of fused-ring (bicyclic) bond motifs is 1. The summed E-state index contributed by atoms with van der Waals surface area (Å²) in [6.45, 7) is 5.92. The first-order chi connectivity index (χ1) is 21.4. The van der Waals surface area contributed by atoms with Crippen LogP contribution in [0.3, 0.4) is 0 Å². The lowest BCUT2D eigenvalue weighted by molar-refractivity contribution is -0.157. The van der Waals surface area contributed by atoms with Gasteiger partial charge in [0.15, 0.2) is 6.04 Å². The monoisotopic (exact) mass is 618 g/mol. The number of methoxy groups -OCH3 is 1. The van der Waals surface area contributed by atoms with Gasteiger partial charge in [-0.05, 0) is 68.9 Å². The number of benzene rings is 1. The second kappa shape index (κ2) is 12.7. The molecule has 13 heteroatoms. The lowest BCUT2D eigenvalue weighted by Crippen LogP contribution is -2.52. The third kappa shape index (κ3) is 6.57. The van der Waals surface area contributed by atoms with E-state index < -0.39 is 41.3 Å². The highest BCUT2D eigenvalue weighted by Gasteiger charge is 2.45. The molecule has 2 aromatic rings. The summed E-state index contributed by atoms with van der Waals surface area (Å²) >= 11 is 0. The van der Waals surface area contributed by atoms with Gasteiger partial charge in [-0.2, -0.15) is 10.2 Å². The number of imide groups is 1. The molecule has 1 saturated heterocycles. The largest absolute Gasteiger partial charge is 0.469 e. The van der Waals surface area contributed by atoms with E-state index in [1.165, 1.54) is 23.1 Å². The van der Waals surface area contributed by atoms with Crippen molar-refractivity contribution < 1.29 is 33.5 Å². The highest BCUT2D eigenvalue weighted by Crippen LogP contribution is 2.38. The number of nitrogens with zero attached hydrogens (tertiary/aromatic N) is 4. The number of amides is 5. The summed E-state index contributed by atoms with van der Waals surface area (Å²) in [7, 11) is 1.31. The van der Waals surface area contributed by atoms with Crippen molar-refractivity contribution in [3.63, 3.8) is 0 Å². The first kappa shape index (κ1) is 31.7. The van der Waals surface area contributed by atoms with Crippen LogP contribution < -0.4 is 10.6 Å². The molecule has 0 spiro atoms. The van der Waals surface area contributed by atoms with Crippen molar-refractivity contribution in [1.29, 1.82) is 0 Å². The van der Waals surface area contributed by atoms with Crippen molar-refractivity contribution in [2.45, 2.75) is 83.6 Å². The molecule has 3 heterocycles.